The Morgan fingerprint density at radius 1 is 1.10 bits per heavy atom. The molecule has 0 aliphatic rings. The van der Waals surface area contributed by atoms with E-state index in [2.05, 4.69) is 20.4 Å². The van der Waals surface area contributed by atoms with Gasteiger partial charge in [0.1, 0.15) is 23.1 Å². The molecule has 3 heterocycles. The third-order valence-electron chi connectivity index (χ3n) is 4.43. The fraction of sp³-hybridized carbons (Fsp3) is 0.143. The average Bonchev–Trinajstić information content (AvgIpc) is 3.11. The van der Waals surface area contributed by atoms with Gasteiger partial charge in [0.25, 0.3) is 5.91 Å². The van der Waals surface area contributed by atoms with Gasteiger partial charge < -0.3 is 10.2 Å². The second-order valence-corrected chi connectivity index (χ2v) is 6.75. The number of rotatable bonds is 5. The van der Waals surface area contributed by atoms with Crippen LogP contribution in [-0.2, 0) is 6.54 Å². The van der Waals surface area contributed by atoms with E-state index in [1.54, 1.807) is 67.6 Å². The Labute approximate surface area is 166 Å². The van der Waals surface area contributed by atoms with Crippen molar-refractivity contribution in [2.45, 2.75) is 6.54 Å². The lowest BCUT2D eigenvalue weighted by Gasteiger charge is -2.11. The van der Waals surface area contributed by atoms with Gasteiger partial charge in [0.15, 0.2) is 0 Å². The summed E-state index contributed by atoms with van der Waals surface area (Å²) in [6, 6.07) is 13.6. The zero-order valence-electron chi connectivity index (χ0n) is 16.0. The van der Waals surface area contributed by atoms with Crippen molar-refractivity contribution >= 4 is 28.4 Å². The van der Waals surface area contributed by atoms with E-state index in [0.29, 0.717) is 29.4 Å². The number of nitrogens with zero attached hydrogens (tertiary/aromatic N) is 5. The van der Waals surface area contributed by atoms with Crippen LogP contribution >= 0.6 is 0 Å². The molecule has 0 radical (unpaired) electrons. The van der Waals surface area contributed by atoms with Gasteiger partial charge in [-0.25, -0.2) is 14.4 Å². The summed E-state index contributed by atoms with van der Waals surface area (Å²) in [5.74, 6) is 0.606. The van der Waals surface area contributed by atoms with Crippen LogP contribution in [0, 0.1) is 5.82 Å². The molecule has 4 rings (SSSR count). The van der Waals surface area contributed by atoms with E-state index in [1.807, 2.05) is 6.07 Å². The summed E-state index contributed by atoms with van der Waals surface area (Å²) in [4.78, 5) is 22.3. The first-order chi connectivity index (χ1) is 14.0. The first-order valence-electron chi connectivity index (χ1n) is 9.02. The van der Waals surface area contributed by atoms with Gasteiger partial charge in [0, 0.05) is 37.3 Å². The normalized spacial score (nSPS) is 10.9. The number of amides is 1. The first-order valence-corrected chi connectivity index (χ1v) is 9.02. The number of hydrogen-bond donors (Lipinski definition) is 1. The molecule has 0 aliphatic heterocycles. The number of pyridine rings is 2. The Kier molecular flexibility index (Phi) is 4.90. The summed E-state index contributed by atoms with van der Waals surface area (Å²) in [7, 11) is 3.35. The van der Waals surface area contributed by atoms with Crippen molar-refractivity contribution in [3.8, 4) is 0 Å². The van der Waals surface area contributed by atoms with E-state index in [-0.39, 0.29) is 11.7 Å². The van der Waals surface area contributed by atoms with Crippen molar-refractivity contribution in [3.63, 3.8) is 0 Å². The monoisotopic (exact) mass is 390 g/mol. The van der Waals surface area contributed by atoms with E-state index in [1.165, 1.54) is 11.0 Å². The minimum atomic E-state index is -0.268. The molecule has 0 bridgehead atoms. The smallest absolute Gasteiger partial charge is 0.272 e. The third kappa shape index (κ3) is 3.91. The van der Waals surface area contributed by atoms with Crippen molar-refractivity contribution in [2.75, 3.05) is 19.4 Å². The maximum absolute atomic E-state index is 14.0. The van der Waals surface area contributed by atoms with Crippen molar-refractivity contribution < 1.29 is 9.18 Å². The number of carbonyl (C=O) groups excluding carboxylic acids is 1. The molecule has 0 atom stereocenters. The van der Waals surface area contributed by atoms with E-state index in [9.17, 15) is 9.18 Å². The number of halogens is 1. The second-order valence-electron chi connectivity index (χ2n) is 6.75. The number of fused-ring (bicyclic) bond motifs is 1. The summed E-state index contributed by atoms with van der Waals surface area (Å²) in [5, 5.41) is 8.31. The Bertz CT molecular complexity index is 1190. The summed E-state index contributed by atoms with van der Waals surface area (Å²) >= 11 is 0. The van der Waals surface area contributed by atoms with Crippen molar-refractivity contribution in [1.29, 1.82) is 0 Å². The zero-order chi connectivity index (χ0) is 20.4. The van der Waals surface area contributed by atoms with Crippen LogP contribution < -0.4 is 5.32 Å². The van der Waals surface area contributed by atoms with Gasteiger partial charge in [-0.05, 0) is 18.2 Å². The number of benzene rings is 1. The van der Waals surface area contributed by atoms with Crippen molar-refractivity contribution in [2.24, 2.45) is 0 Å². The molecule has 7 nitrogen and oxygen atoms in total. The highest BCUT2D eigenvalue weighted by molar-refractivity contribution is 5.92. The molecule has 0 saturated heterocycles. The molecule has 146 valence electrons. The van der Waals surface area contributed by atoms with Gasteiger partial charge in [0.2, 0.25) is 0 Å². The largest absolute Gasteiger partial charge is 0.343 e. The molecule has 1 amide bonds. The maximum Gasteiger partial charge on any atom is 0.272 e. The summed E-state index contributed by atoms with van der Waals surface area (Å²) in [5.41, 5.74) is 1.71. The van der Waals surface area contributed by atoms with Gasteiger partial charge >= 0.3 is 0 Å². The maximum atomic E-state index is 14.0. The van der Waals surface area contributed by atoms with Crippen LogP contribution in [0.15, 0.2) is 60.9 Å². The van der Waals surface area contributed by atoms with E-state index < -0.39 is 0 Å². The van der Waals surface area contributed by atoms with Crippen LogP contribution in [0.4, 0.5) is 16.0 Å². The lowest BCUT2D eigenvalue weighted by Crippen LogP contribution is -2.22. The van der Waals surface area contributed by atoms with E-state index >= 15 is 0 Å². The number of nitrogens with one attached hydrogen (secondary N) is 1. The molecule has 0 saturated carbocycles. The molecule has 0 aliphatic carbocycles. The van der Waals surface area contributed by atoms with Crippen LogP contribution in [0.1, 0.15) is 16.1 Å². The topological polar surface area (TPSA) is 75.9 Å². The van der Waals surface area contributed by atoms with Crippen LogP contribution in [0.3, 0.4) is 0 Å². The Morgan fingerprint density at radius 3 is 2.72 bits per heavy atom. The molecule has 4 aromatic rings. The fourth-order valence-corrected chi connectivity index (χ4v) is 2.94. The standard InChI is InChI=1S/C21H19FN6O/c1-27(2)21(29)17-8-5-9-19(25-17)26-20-10-18-15(11-23-20)12-24-28(18)13-14-6-3-4-7-16(14)22/h3-12H,13H2,1-2H3,(H,23,25,26). The summed E-state index contributed by atoms with van der Waals surface area (Å²) in [6.07, 6.45) is 3.39. The van der Waals surface area contributed by atoms with Gasteiger partial charge in [-0.2, -0.15) is 5.10 Å². The molecule has 0 unspecified atom stereocenters. The Morgan fingerprint density at radius 2 is 1.93 bits per heavy atom. The van der Waals surface area contributed by atoms with E-state index in [4.69, 9.17) is 0 Å². The molecule has 1 N–H and O–H groups in total. The minimum absolute atomic E-state index is 0.181. The molecule has 0 spiro atoms. The number of hydrogen-bond acceptors (Lipinski definition) is 5. The SMILES string of the molecule is CN(C)C(=O)c1cccc(Nc2cc3c(cn2)cnn3Cc2ccccc2F)n1. The van der Waals surface area contributed by atoms with Gasteiger partial charge in [-0.1, -0.05) is 24.3 Å². The van der Waals surface area contributed by atoms with Crippen LogP contribution in [0.5, 0.6) is 0 Å². The van der Waals surface area contributed by atoms with Crippen LogP contribution in [0.25, 0.3) is 10.9 Å². The van der Waals surface area contributed by atoms with Gasteiger partial charge in [-0.3, -0.25) is 9.48 Å². The lowest BCUT2D eigenvalue weighted by atomic mass is 10.2. The molecule has 29 heavy (non-hydrogen) atoms. The molecular formula is C21H19FN6O. The molecule has 1 aromatic carbocycles. The predicted molar refractivity (Wildman–Crippen MR) is 109 cm³/mol. The Balaban J connectivity index is 1.62. The number of carbonyl (C=O) groups is 1. The highest BCUT2D eigenvalue weighted by Gasteiger charge is 2.11. The first kappa shape index (κ1) is 18.5. The van der Waals surface area contributed by atoms with Gasteiger partial charge in [0.05, 0.1) is 18.3 Å². The third-order valence-corrected chi connectivity index (χ3v) is 4.43. The van der Waals surface area contributed by atoms with Crippen LogP contribution in [0.2, 0.25) is 0 Å². The zero-order valence-corrected chi connectivity index (χ0v) is 16.0. The van der Waals surface area contributed by atoms with Crippen LogP contribution in [-0.4, -0.2) is 44.7 Å². The predicted octanol–water partition coefficient (Wildman–Crippen LogP) is 3.46. The number of anilines is 2. The summed E-state index contributed by atoms with van der Waals surface area (Å²) in [6.45, 7) is 0.310. The highest BCUT2D eigenvalue weighted by atomic mass is 19.1. The minimum Gasteiger partial charge on any atom is -0.343 e. The molecular weight excluding hydrogens is 371 g/mol. The van der Waals surface area contributed by atoms with Gasteiger partial charge in [-0.15, -0.1) is 0 Å². The fourth-order valence-electron chi connectivity index (χ4n) is 2.94. The number of aromatic nitrogens is 4. The Hall–Kier alpha value is -3.81. The second kappa shape index (κ2) is 7.67. The van der Waals surface area contributed by atoms with E-state index in [0.717, 1.165) is 10.9 Å². The molecule has 0 fully saturated rings. The van der Waals surface area contributed by atoms with Crippen molar-refractivity contribution in [3.05, 3.63) is 78.0 Å². The quantitative estimate of drug-likeness (QED) is 0.565. The average molecular weight is 390 g/mol. The molecule has 8 heteroatoms. The van der Waals surface area contributed by atoms with Crippen molar-refractivity contribution in [1.82, 2.24) is 24.6 Å². The molecule has 3 aromatic heterocycles. The lowest BCUT2D eigenvalue weighted by molar-refractivity contribution is 0.0822. The summed E-state index contributed by atoms with van der Waals surface area (Å²) < 4.78 is 15.7. The highest BCUT2D eigenvalue weighted by Crippen LogP contribution is 2.21.